The second-order valence-electron chi connectivity index (χ2n) is 5.07. The fraction of sp³-hybridized carbons (Fsp3) is 0.188. The lowest BCUT2D eigenvalue weighted by atomic mass is 10.0. The number of alkyl halides is 5. The predicted molar refractivity (Wildman–Crippen MR) is 98.3 cm³/mol. The van der Waals surface area contributed by atoms with Crippen LogP contribution in [0.1, 0.15) is 26.3 Å². The Hall–Kier alpha value is -0.760. The van der Waals surface area contributed by atoms with Crippen LogP contribution in [0.25, 0.3) is 0 Å². The van der Waals surface area contributed by atoms with Gasteiger partial charge in [-0.2, -0.15) is 13.2 Å². The largest absolute Gasteiger partial charge is 0.506 e. The zero-order valence-electron chi connectivity index (χ0n) is 12.1. The number of carbonyl (C=O) groups is 1. The Kier molecular flexibility index (Phi) is 6.46. The third kappa shape index (κ3) is 4.70. The average Bonchev–Trinajstić information content (AvgIpc) is 2.55. The molecule has 0 amide bonds. The summed E-state index contributed by atoms with van der Waals surface area (Å²) in [5.41, 5.74) is -0.705. The number of benzene rings is 2. The lowest BCUT2D eigenvalue weighted by Crippen LogP contribution is -2.20. The zero-order chi connectivity index (χ0) is 18.9. The van der Waals surface area contributed by atoms with Crippen molar-refractivity contribution in [3.8, 4) is 5.75 Å². The van der Waals surface area contributed by atoms with E-state index in [2.05, 4.69) is 31.9 Å². The van der Waals surface area contributed by atoms with Crippen LogP contribution >= 0.6 is 55.1 Å². The molecule has 1 N–H and O–H groups in total. The fourth-order valence-electron chi connectivity index (χ4n) is 2.09. The van der Waals surface area contributed by atoms with Crippen LogP contribution in [0.3, 0.4) is 0 Å². The standard InChI is InChI=1S/C16H9Br2Cl2F3O2/c17-12(7-2-1-3-8(4-7)16(21,22)23)13(18)15(25)10-5-9(19)6-11(20)14(10)24/h1-6,12-13,24H. The maximum Gasteiger partial charge on any atom is 0.416 e. The molecule has 0 aliphatic rings. The van der Waals surface area contributed by atoms with Crippen molar-refractivity contribution in [1.82, 2.24) is 0 Å². The minimum Gasteiger partial charge on any atom is -0.506 e. The molecular formula is C16H9Br2Cl2F3O2. The highest BCUT2D eigenvalue weighted by Crippen LogP contribution is 2.39. The molecule has 0 spiro atoms. The number of ketones is 1. The molecule has 0 bridgehead atoms. The molecule has 0 fully saturated rings. The van der Waals surface area contributed by atoms with E-state index >= 15 is 0 Å². The Morgan fingerprint density at radius 2 is 1.76 bits per heavy atom. The molecule has 2 rings (SSSR count). The number of phenolic OH excluding ortho intramolecular Hbond substituents is 1. The number of hydrogen-bond donors (Lipinski definition) is 1. The molecule has 134 valence electrons. The molecule has 0 aliphatic carbocycles. The summed E-state index contributed by atoms with van der Waals surface area (Å²) in [7, 11) is 0. The lowest BCUT2D eigenvalue weighted by Gasteiger charge is -2.18. The van der Waals surface area contributed by atoms with E-state index < -0.39 is 32.9 Å². The Balaban J connectivity index is 2.34. The number of hydrogen-bond acceptors (Lipinski definition) is 2. The molecule has 0 aromatic heterocycles. The molecule has 0 saturated heterocycles. The molecule has 0 saturated carbocycles. The van der Waals surface area contributed by atoms with Crippen LogP contribution in [0.15, 0.2) is 36.4 Å². The minimum atomic E-state index is -4.49. The summed E-state index contributed by atoms with van der Waals surface area (Å²) in [5.74, 6) is -1.02. The number of halogens is 7. The molecule has 2 aromatic carbocycles. The SMILES string of the molecule is O=C(c1cc(Cl)cc(Cl)c1O)C(Br)C(Br)c1cccc(C(F)(F)F)c1. The Morgan fingerprint density at radius 1 is 1.12 bits per heavy atom. The third-order valence-electron chi connectivity index (χ3n) is 3.33. The van der Waals surface area contributed by atoms with Gasteiger partial charge in [-0.15, -0.1) is 0 Å². The topological polar surface area (TPSA) is 37.3 Å². The number of rotatable bonds is 4. The van der Waals surface area contributed by atoms with Crippen molar-refractivity contribution in [3.63, 3.8) is 0 Å². The van der Waals surface area contributed by atoms with Crippen LogP contribution in [0.4, 0.5) is 13.2 Å². The molecule has 9 heteroatoms. The summed E-state index contributed by atoms with van der Waals surface area (Å²) >= 11 is 18.0. The molecule has 2 aromatic rings. The number of carbonyl (C=O) groups excluding carboxylic acids is 1. The van der Waals surface area contributed by atoms with Gasteiger partial charge in [0.25, 0.3) is 0 Å². The second kappa shape index (κ2) is 7.86. The maximum atomic E-state index is 12.8. The Labute approximate surface area is 168 Å². The van der Waals surface area contributed by atoms with E-state index in [0.717, 1.165) is 12.1 Å². The van der Waals surface area contributed by atoms with E-state index in [4.69, 9.17) is 23.2 Å². The Bertz CT molecular complexity index is 812. The minimum absolute atomic E-state index is 0.0965. The summed E-state index contributed by atoms with van der Waals surface area (Å²) < 4.78 is 38.5. The first-order valence-electron chi connectivity index (χ1n) is 6.70. The van der Waals surface area contributed by atoms with Gasteiger partial charge < -0.3 is 5.11 Å². The smallest absolute Gasteiger partial charge is 0.416 e. The Morgan fingerprint density at radius 3 is 2.36 bits per heavy atom. The molecule has 0 aliphatic heterocycles. The molecule has 0 heterocycles. The van der Waals surface area contributed by atoms with Crippen molar-refractivity contribution in [2.45, 2.75) is 15.8 Å². The van der Waals surface area contributed by atoms with Gasteiger partial charge in [0.05, 0.1) is 25.8 Å². The summed E-state index contributed by atoms with van der Waals surface area (Å²) in [6.07, 6.45) is -4.49. The molecular weight excluding hydrogens is 512 g/mol. The van der Waals surface area contributed by atoms with Crippen molar-refractivity contribution in [2.24, 2.45) is 0 Å². The zero-order valence-corrected chi connectivity index (χ0v) is 16.8. The van der Waals surface area contributed by atoms with Gasteiger partial charge in [0, 0.05) is 5.02 Å². The van der Waals surface area contributed by atoms with Gasteiger partial charge in [0.2, 0.25) is 0 Å². The highest BCUT2D eigenvalue weighted by atomic mass is 79.9. The second-order valence-corrected chi connectivity index (χ2v) is 7.89. The van der Waals surface area contributed by atoms with Crippen LogP contribution < -0.4 is 0 Å². The van der Waals surface area contributed by atoms with Gasteiger partial charge in [0.15, 0.2) is 5.78 Å². The average molecular weight is 521 g/mol. The first-order chi connectivity index (χ1) is 11.5. The van der Waals surface area contributed by atoms with E-state index in [1.54, 1.807) is 0 Å². The van der Waals surface area contributed by atoms with E-state index in [9.17, 15) is 23.1 Å². The van der Waals surface area contributed by atoms with Crippen LogP contribution in [0.2, 0.25) is 10.0 Å². The predicted octanol–water partition coefficient (Wildman–Crippen LogP) is 6.80. The van der Waals surface area contributed by atoms with Crippen molar-refractivity contribution in [1.29, 1.82) is 0 Å². The highest BCUT2D eigenvalue weighted by Gasteiger charge is 2.33. The maximum absolute atomic E-state index is 12.8. The molecule has 0 radical (unpaired) electrons. The summed E-state index contributed by atoms with van der Waals surface area (Å²) in [6, 6.07) is 7.12. The third-order valence-corrected chi connectivity index (χ3v) is 6.55. The van der Waals surface area contributed by atoms with Crippen LogP contribution in [0.5, 0.6) is 5.75 Å². The van der Waals surface area contributed by atoms with Gasteiger partial charge in [-0.05, 0) is 23.8 Å². The molecule has 25 heavy (non-hydrogen) atoms. The molecule has 2 nitrogen and oxygen atoms in total. The normalized spacial score (nSPS) is 14.2. The summed E-state index contributed by atoms with van der Waals surface area (Å²) in [4.78, 5) is 10.9. The first kappa shape index (κ1) is 20.6. The lowest BCUT2D eigenvalue weighted by molar-refractivity contribution is -0.137. The quantitative estimate of drug-likeness (QED) is 0.355. The fourth-order valence-corrected chi connectivity index (χ4v) is 3.66. The first-order valence-corrected chi connectivity index (χ1v) is 9.28. The summed E-state index contributed by atoms with van der Waals surface area (Å²) in [6.45, 7) is 0. The van der Waals surface area contributed by atoms with Gasteiger partial charge in [-0.25, -0.2) is 0 Å². The summed E-state index contributed by atoms with van der Waals surface area (Å²) in [5, 5.41) is 10.0. The van der Waals surface area contributed by atoms with Crippen molar-refractivity contribution < 1.29 is 23.1 Å². The van der Waals surface area contributed by atoms with E-state index in [1.807, 2.05) is 0 Å². The van der Waals surface area contributed by atoms with Crippen molar-refractivity contribution >= 4 is 60.8 Å². The van der Waals surface area contributed by atoms with Crippen LogP contribution in [-0.4, -0.2) is 15.7 Å². The van der Waals surface area contributed by atoms with E-state index in [-0.39, 0.29) is 21.2 Å². The van der Waals surface area contributed by atoms with E-state index in [1.165, 1.54) is 24.3 Å². The van der Waals surface area contributed by atoms with Crippen molar-refractivity contribution in [2.75, 3.05) is 0 Å². The monoisotopic (exact) mass is 518 g/mol. The van der Waals surface area contributed by atoms with Crippen LogP contribution in [0, 0.1) is 0 Å². The van der Waals surface area contributed by atoms with Gasteiger partial charge in [-0.1, -0.05) is 73.3 Å². The van der Waals surface area contributed by atoms with Crippen LogP contribution in [-0.2, 0) is 6.18 Å². The van der Waals surface area contributed by atoms with E-state index in [0.29, 0.717) is 0 Å². The number of aromatic hydroxyl groups is 1. The molecule has 2 atom stereocenters. The number of phenols is 1. The van der Waals surface area contributed by atoms with Gasteiger partial charge in [-0.3, -0.25) is 4.79 Å². The van der Waals surface area contributed by atoms with Gasteiger partial charge >= 0.3 is 6.18 Å². The van der Waals surface area contributed by atoms with Crippen molar-refractivity contribution in [3.05, 3.63) is 63.1 Å². The van der Waals surface area contributed by atoms with Gasteiger partial charge in [0.1, 0.15) is 5.75 Å². The number of Topliss-reactive ketones (excluding diaryl/α,β-unsaturated/α-hetero) is 1. The highest BCUT2D eigenvalue weighted by molar-refractivity contribution is 9.12. The molecule has 2 unspecified atom stereocenters.